The van der Waals surface area contributed by atoms with Crippen molar-refractivity contribution in [3.8, 4) is 0 Å². The summed E-state index contributed by atoms with van der Waals surface area (Å²) in [6.45, 7) is 3.15. The Morgan fingerprint density at radius 1 is 1.44 bits per heavy atom. The van der Waals surface area contributed by atoms with Crippen molar-refractivity contribution in [2.45, 2.75) is 32.8 Å². The normalized spacial score (nSPS) is 15.9. The molecule has 2 rings (SSSR count). The second kappa shape index (κ2) is 4.83. The van der Waals surface area contributed by atoms with E-state index in [4.69, 9.17) is 5.11 Å². The van der Waals surface area contributed by atoms with Crippen LogP contribution in [0.2, 0.25) is 0 Å². The van der Waals surface area contributed by atoms with Gasteiger partial charge >= 0.3 is 0 Å². The van der Waals surface area contributed by atoms with Gasteiger partial charge in [0.1, 0.15) is 5.82 Å². The van der Waals surface area contributed by atoms with Crippen LogP contribution >= 0.6 is 0 Å². The molecule has 1 heterocycles. The largest absolute Gasteiger partial charge is 0.392 e. The number of rotatable bonds is 4. The summed E-state index contributed by atoms with van der Waals surface area (Å²) in [6.07, 6.45) is 4.08. The van der Waals surface area contributed by atoms with Crippen molar-refractivity contribution in [1.29, 1.82) is 0 Å². The number of hydrogen-bond acceptors (Lipinski definition) is 3. The number of aryl methyl sites for hydroxylation is 1. The molecule has 0 spiro atoms. The zero-order chi connectivity index (χ0) is 11.5. The summed E-state index contributed by atoms with van der Waals surface area (Å²) in [5.74, 6) is 1.82. The minimum Gasteiger partial charge on any atom is -0.392 e. The molecule has 0 bridgehead atoms. The van der Waals surface area contributed by atoms with Crippen molar-refractivity contribution in [1.82, 2.24) is 4.98 Å². The van der Waals surface area contributed by atoms with Crippen LogP contribution in [0, 0.1) is 12.8 Å². The van der Waals surface area contributed by atoms with Crippen LogP contribution in [-0.4, -0.2) is 23.7 Å². The van der Waals surface area contributed by atoms with Crippen LogP contribution in [0.5, 0.6) is 0 Å². The van der Waals surface area contributed by atoms with E-state index in [0.717, 1.165) is 29.5 Å². The van der Waals surface area contributed by atoms with Gasteiger partial charge in [-0.25, -0.2) is 4.98 Å². The first kappa shape index (κ1) is 11.4. The molecular weight excluding hydrogens is 200 g/mol. The summed E-state index contributed by atoms with van der Waals surface area (Å²) in [5.41, 5.74) is 1.92. The minimum atomic E-state index is 0.0909. The Bertz CT molecular complexity index is 361. The number of aromatic nitrogens is 1. The number of aliphatic hydroxyl groups excluding tert-OH is 1. The van der Waals surface area contributed by atoms with Gasteiger partial charge in [0.2, 0.25) is 0 Å². The molecule has 1 aliphatic carbocycles. The minimum absolute atomic E-state index is 0.0909. The molecule has 0 aliphatic heterocycles. The van der Waals surface area contributed by atoms with E-state index in [9.17, 15) is 0 Å². The Morgan fingerprint density at radius 3 is 2.75 bits per heavy atom. The highest BCUT2D eigenvalue weighted by Crippen LogP contribution is 2.28. The lowest BCUT2D eigenvalue weighted by Crippen LogP contribution is -2.30. The molecule has 0 atom stereocenters. The van der Waals surface area contributed by atoms with Gasteiger partial charge in [-0.05, 0) is 43.4 Å². The zero-order valence-electron chi connectivity index (χ0n) is 10.1. The number of anilines is 1. The van der Waals surface area contributed by atoms with Gasteiger partial charge < -0.3 is 10.0 Å². The van der Waals surface area contributed by atoms with E-state index in [2.05, 4.69) is 16.9 Å². The van der Waals surface area contributed by atoms with Crippen LogP contribution in [0.3, 0.4) is 0 Å². The van der Waals surface area contributed by atoms with Gasteiger partial charge in [0.15, 0.2) is 0 Å². The Hall–Kier alpha value is -1.09. The van der Waals surface area contributed by atoms with Crippen molar-refractivity contribution >= 4 is 5.82 Å². The third kappa shape index (κ3) is 2.53. The highest BCUT2D eigenvalue weighted by molar-refractivity contribution is 5.41. The molecule has 1 aromatic heterocycles. The molecule has 0 amide bonds. The number of nitrogens with zero attached hydrogens (tertiary/aromatic N) is 2. The molecule has 0 aromatic carbocycles. The summed E-state index contributed by atoms with van der Waals surface area (Å²) in [5, 5.41) is 9.16. The molecule has 1 saturated carbocycles. The topological polar surface area (TPSA) is 36.4 Å². The van der Waals surface area contributed by atoms with Gasteiger partial charge in [-0.2, -0.15) is 0 Å². The Morgan fingerprint density at radius 2 is 2.19 bits per heavy atom. The molecule has 1 aromatic rings. The number of pyridine rings is 1. The van der Waals surface area contributed by atoms with Gasteiger partial charge in [-0.3, -0.25) is 0 Å². The average molecular weight is 220 g/mol. The molecule has 3 heteroatoms. The molecule has 1 N–H and O–H groups in total. The van der Waals surface area contributed by atoms with E-state index in [1.807, 2.05) is 19.1 Å². The summed E-state index contributed by atoms with van der Waals surface area (Å²) in [6, 6.07) is 3.91. The van der Waals surface area contributed by atoms with Crippen molar-refractivity contribution in [3.63, 3.8) is 0 Å². The molecule has 0 radical (unpaired) electrons. The Balaban J connectivity index is 2.08. The summed E-state index contributed by atoms with van der Waals surface area (Å²) in [4.78, 5) is 6.71. The molecule has 1 fully saturated rings. The van der Waals surface area contributed by atoms with E-state index in [1.165, 1.54) is 19.3 Å². The predicted octanol–water partition coefficient (Wildman–Crippen LogP) is 2.12. The first-order valence-corrected chi connectivity index (χ1v) is 5.98. The molecule has 88 valence electrons. The Labute approximate surface area is 97.1 Å². The van der Waals surface area contributed by atoms with Crippen molar-refractivity contribution < 1.29 is 5.11 Å². The quantitative estimate of drug-likeness (QED) is 0.844. The van der Waals surface area contributed by atoms with Gasteiger partial charge in [-0.1, -0.05) is 6.42 Å². The first-order chi connectivity index (χ1) is 7.69. The van der Waals surface area contributed by atoms with Crippen molar-refractivity contribution in [2.75, 3.05) is 18.5 Å². The number of aliphatic hydroxyl groups is 1. The van der Waals surface area contributed by atoms with Crippen LogP contribution in [0.25, 0.3) is 0 Å². The van der Waals surface area contributed by atoms with Gasteiger partial charge in [0.25, 0.3) is 0 Å². The van der Waals surface area contributed by atoms with Crippen LogP contribution in [-0.2, 0) is 6.61 Å². The molecule has 0 unspecified atom stereocenters. The van der Waals surface area contributed by atoms with Crippen LogP contribution in [0.15, 0.2) is 12.1 Å². The fourth-order valence-electron chi connectivity index (χ4n) is 2.16. The smallest absolute Gasteiger partial charge is 0.128 e. The van der Waals surface area contributed by atoms with E-state index in [0.29, 0.717) is 0 Å². The van der Waals surface area contributed by atoms with Gasteiger partial charge in [-0.15, -0.1) is 0 Å². The maximum absolute atomic E-state index is 9.16. The summed E-state index contributed by atoms with van der Waals surface area (Å²) in [7, 11) is 2.08. The van der Waals surface area contributed by atoms with Crippen molar-refractivity contribution in [2.24, 2.45) is 5.92 Å². The molecule has 3 nitrogen and oxygen atoms in total. The fraction of sp³-hybridized carbons (Fsp3) is 0.615. The molecule has 16 heavy (non-hydrogen) atoms. The molecular formula is C13H20N2O. The second-order valence-corrected chi connectivity index (χ2v) is 4.81. The lowest BCUT2D eigenvalue weighted by Gasteiger charge is -2.31. The fourth-order valence-corrected chi connectivity index (χ4v) is 2.16. The Kier molecular flexibility index (Phi) is 3.44. The third-order valence-electron chi connectivity index (χ3n) is 3.33. The third-order valence-corrected chi connectivity index (χ3v) is 3.33. The number of hydrogen-bond donors (Lipinski definition) is 1. The van der Waals surface area contributed by atoms with E-state index in [-0.39, 0.29) is 6.61 Å². The molecule has 0 saturated heterocycles. The first-order valence-electron chi connectivity index (χ1n) is 5.98. The lowest BCUT2D eigenvalue weighted by atomic mass is 9.85. The lowest BCUT2D eigenvalue weighted by molar-refractivity contribution is 0.281. The standard InChI is InChI=1S/C13H20N2O/c1-10-6-12(9-16)7-13(14-10)15(2)8-11-4-3-5-11/h6-7,11,16H,3-5,8-9H2,1-2H3. The monoisotopic (exact) mass is 220 g/mol. The van der Waals surface area contributed by atoms with Gasteiger partial charge in [0.05, 0.1) is 6.61 Å². The average Bonchev–Trinajstić information content (AvgIpc) is 2.22. The summed E-state index contributed by atoms with van der Waals surface area (Å²) >= 11 is 0. The maximum Gasteiger partial charge on any atom is 0.128 e. The second-order valence-electron chi connectivity index (χ2n) is 4.81. The van der Waals surface area contributed by atoms with Crippen LogP contribution < -0.4 is 4.90 Å². The zero-order valence-corrected chi connectivity index (χ0v) is 10.1. The SMILES string of the molecule is Cc1cc(CO)cc(N(C)CC2CCC2)n1. The maximum atomic E-state index is 9.16. The summed E-state index contributed by atoms with van der Waals surface area (Å²) < 4.78 is 0. The van der Waals surface area contributed by atoms with Gasteiger partial charge in [0, 0.05) is 19.3 Å². The predicted molar refractivity (Wildman–Crippen MR) is 65.5 cm³/mol. The van der Waals surface area contributed by atoms with E-state index in [1.54, 1.807) is 0 Å². The van der Waals surface area contributed by atoms with E-state index < -0.39 is 0 Å². The molecule has 1 aliphatic rings. The van der Waals surface area contributed by atoms with Crippen LogP contribution in [0.1, 0.15) is 30.5 Å². The van der Waals surface area contributed by atoms with E-state index >= 15 is 0 Å². The highest BCUT2D eigenvalue weighted by Gasteiger charge is 2.19. The highest BCUT2D eigenvalue weighted by atomic mass is 16.3. The van der Waals surface area contributed by atoms with Crippen molar-refractivity contribution in [3.05, 3.63) is 23.4 Å². The van der Waals surface area contributed by atoms with Crippen LogP contribution in [0.4, 0.5) is 5.82 Å².